The monoisotopic (exact) mass is 330 g/mol. The van der Waals surface area contributed by atoms with E-state index in [-0.39, 0.29) is 17.4 Å². The molecule has 0 aromatic heterocycles. The Morgan fingerprint density at radius 3 is 1.77 bits per heavy atom. The SMILES string of the molecule is CN(C)C(=O)Oc1cc(OC(=O)N(C)C)cc([C@@H](O)CCl)c1. The summed E-state index contributed by atoms with van der Waals surface area (Å²) in [5.74, 6) is 0.232. The van der Waals surface area contributed by atoms with Crippen molar-refractivity contribution in [2.45, 2.75) is 6.10 Å². The Morgan fingerprint density at radius 1 is 1.05 bits per heavy atom. The largest absolute Gasteiger partial charge is 0.414 e. The molecule has 1 N–H and O–H groups in total. The predicted molar refractivity (Wildman–Crippen MR) is 81.5 cm³/mol. The molecule has 1 aromatic carbocycles. The highest BCUT2D eigenvalue weighted by atomic mass is 35.5. The van der Waals surface area contributed by atoms with Crippen LogP contribution in [0.2, 0.25) is 0 Å². The molecule has 122 valence electrons. The number of nitrogens with zero attached hydrogens (tertiary/aromatic N) is 2. The van der Waals surface area contributed by atoms with Crippen LogP contribution >= 0.6 is 11.6 Å². The maximum Gasteiger partial charge on any atom is 0.414 e. The summed E-state index contributed by atoms with van der Waals surface area (Å²) in [6.45, 7) is 0. The molecule has 1 rings (SSSR count). The van der Waals surface area contributed by atoms with Crippen molar-refractivity contribution in [2.24, 2.45) is 0 Å². The van der Waals surface area contributed by atoms with Gasteiger partial charge in [0.2, 0.25) is 0 Å². The van der Waals surface area contributed by atoms with Gasteiger partial charge in [-0.05, 0) is 17.7 Å². The molecule has 22 heavy (non-hydrogen) atoms. The highest BCUT2D eigenvalue weighted by Gasteiger charge is 2.15. The smallest absolute Gasteiger partial charge is 0.410 e. The Hall–Kier alpha value is -1.99. The van der Waals surface area contributed by atoms with Crippen LogP contribution in [0.1, 0.15) is 11.7 Å². The number of hydrogen-bond acceptors (Lipinski definition) is 5. The zero-order valence-electron chi connectivity index (χ0n) is 12.9. The third-order valence-electron chi connectivity index (χ3n) is 2.57. The van der Waals surface area contributed by atoms with Crippen molar-refractivity contribution in [1.82, 2.24) is 9.80 Å². The molecule has 0 saturated carbocycles. The highest BCUT2D eigenvalue weighted by molar-refractivity contribution is 6.18. The zero-order valence-corrected chi connectivity index (χ0v) is 13.6. The van der Waals surface area contributed by atoms with Gasteiger partial charge in [0.25, 0.3) is 0 Å². The van der Waals surface area contributed by atoms with Crippen molar-refractivity contribution in [3.8, 4) is 11.5 Å². The van der Waals surface area contributed by atoms with Crippen LogP contribution in [0.4, 0.5) is 9.59 Å². The van der Waals surface area contributed by atoms with Gasteiger partial charge in [-0.3, -0.25) is 0 Å². The Morgan fingerprint density at radius 2 is 1.45 bits per heavy atom. The van der Waals surface area contributed by atoms with Gasteiger partial charge in [-0.2, -0.15) is 0 Å². The number of aliphatic hydroxyl groups is 1. The fourth-order valence-electron chi connectivity index (χ4n) is 1.38. The molecule has 1 atom stereocenters. The number of amides is 2. The van der Waals surface area contributed by atoms with Gasteiger partial charge in [-0.15, -0.1) is 11.6 Å². The first-order chi connectivity index (χ1) is 10.2. The van der Waals surface area contributed by atoms with Gasteiger partial charge < -0.3 is 24.4 Å². The number of carbonyl (C=O) groups is 2. The fourth-order valence-corrected chi connectivity index (χ4v) is 1.56. The molecule has 7 nitrogen and oxygen atoms in total. The number of ether oxygens (including phenoxy) is 2. The second-order valence-electron chi connectivity index (χ2n) is 4.93. The van der Waals surface area contributed by atoms with Crippen LogP contribution in [0.25, 0.3) is 0 Å². The molecule has 0 aliphatic carbocycles. The minimum atomic E-state index is -0.975. The van der Waals surface area contributed by atoms with E-state index in [2.05, 4.69) is 0 Å². The van der Waals surface area contributed by atoms with Gasteiger partial charge in [-0.25, -0.2) is 9.59 Å². The quantitative estimate of drug-likeness (QED) is 0.855. The van der Waals surface area contributed by atoms with E-state index < -0.39 is 18.3 Å². The molecule has 1 aromatic rings. The van der Waals surface area contributed by atoms with Gasteiger partial charge >= 0.3 is 12.2 Å². The number of rotatable bonds is 4. The zero-order chi connectivity index (χ0) is 16.9. The molecule has 0 radical (unpaired) electrons. The van der Waals surface area contributed by atoms with E-state index in [9.17, 15) is 14.7 Å². The van der Waals surface area contributed by atoms with Crippen LogP contribution in [0.3, 0.4) is 0 Å². The van der Waals surface area contributed by atoms with Crippen molar-refractivity contribution in [1.29, 1.82) is 0 Å². The van der Waals surface area contributed by atoms with Gasteiger partial charge in [-0.1, -0.05) is 0 Å². The Bertz CT molecular complexity index is 508. The van der Waals surface area contributed by atoms with Gasteiger partial charge in [0.15, 0.2) is 0 Å². The lowest BCUT2D eigenvalue weighted by molar-refractivity contribution is 0.168. The number of alkyl halides is 1. The second kappa shape index (κ2) is 7.86. The highest BCUT2D eigenvalue weighted by Crippen LogP contribution is 2.28. The number of halogens is 1. The molecule has 8 heteroatoms. The van der Waals surface area contributed by atoms with E-state index in [0.29, 0.717) is 5.56 Å². The normalized spacial score (nSPS) is 11.5. The molecule has 0 fully saturated rings. The summed E-state index contributed by atoms with van der Waals surface area (Å²) in [7, 11) is 6.14. The first-order valence-electron chi connectivity index (χ1n) is 6.42. The number of benzene rings is 1. The molecule has 0 bridgehead atoms. The van der Waals surface area contributed by atoms with Crippen molar-refractivity contribution >= 4 is 23.8 Å². The topological polar surface area (TPSA) is 79.3 Å². The second-order valence-corrected chi connectivity index (χ2v) is 5.24. The van der Waals surface area contributed by atoms with E-state index in [1.807, 2.05) is 0 Å². The summed E-state index contributed by atoms with van der Waals surface area (Å²) in [4.78, 5) is 25.7. The Balaban J connectivity index is 3.10. The molecule has 0 spiro atoms. The summed E-state index contributed by atoms with van der Waals surface area (Å²) in [5.41, 5.74) is 0.376. The number of hydrogen-bond donors (Lipinski definition) is 1. The van der Waals surface area contributed by atoms with Gasteiger partial charge in [0.05, 0.1) is 12.0 Å². The van der Waals surface area contributed by atoms with Crippen LogP contribution in [-0.2, 0) is 0 Å². The van der Waals surface area contributed by atoms with Crippen molar-refractivity contribution in [3.63, 3.8) is 0 Å². The third-order valence-corrected chi connectivity index (χ3v) is 2.87. The minimum Gasteiger partial charge on any atom is -0.410 e. The first-order valence-corrected chi connectivity index (χ1v) is 6.95. The molecular formula is C14H19ClN2O5. The summed E-state index contributed by atoms with van der Waals surface area (Å²) in [6, 6.07) is 4.30. The van der Waals surface area contributed by atoms with E-state index in [1.54, 1.807) is 0 Å². The van der Waals surface area contributed by atoms with Crippen LogP contribution in [0, 0.1) is 0 Å². The molecule has 0 heterocycles. The lowest BCUT2D eigenvalue weighted by Gasteiger charge is -2.16. The Kier molecular flexibility index (Phi) is 6.45. The van der Waals surface area contributed by atoms with Gasteiger partial charge in [0.1, 0.15) is 11.5 Å². The van der Waals surface area contributed by atoms with E-state index in [1.165, 1.54) is 56.2 Å². The summed E-state index contributed by atoms with van der Waals surface area (Å²) >= 11 is 5.62. The predicted octanol–water partition coefficient (Wildman–Crippen LogP) is 2.08. The molecule has 0 unspecified atom stereocenters. The van der Waals surface area contributed by atoms with Gasteiger partial charge in [0, 0.05) is 34.3 Å². The molecule has 0 aliphatic rings. The van der Waals surface area contributed by atoms with Crippen molar-refractivity contribution in [2.75, 3.05) is 34.1 Å². The van der Waals surface area contributed by atoms with E-state index in [4.69, 9.17) is 21.1 Å². The number of carbonyl (C=O) groups excluding carboxylic acids is 2. The molecule has 2 amide bonds. The summed E-state index contributed by atoms with van der Waals surface area (Å²) < 4.78 is 10.2. The van der Waals surface area contributed by atoms with E-state index in [0.717, 1.165) is 0 Å². The van der Waals surface area contributed by atoms with Crippen LogP contribution in [0.5, 0.6) is 11.5 Å². The summed E-state index contributed by atoms with van der Waals surface area (Å²) in [5, 5.41) is 9.83. The standard InChI is InChI=1S/C14H19ClN2O5/c1-16(2)13(19)21-10-5-9(12(18)8-15)6-11(7-10)22-14(20)17(3)4/h5-7,12,18H,8H2,1-4H3/t12-/m0/s1. The van der Waals surface area contributed by atoms with Crippen molar-refractivity contribution in [3.05, 3.63) is 23.8 Å². The number of aliphatic hydroxyl groups excluding tert-OH is 1. The maximum atomic E-state index is 11.6. The van der Waals surface area contributed by atoms with Crippen LogP contribution in [-0.4, -0.2) is 61.2 Å². The molecule has 0 aliphatic heterocycles. The Labute approximate surface area is 134 Å². The maximum absolute atomic E-state index is 11.6. The minimum absolute atomic E-state index is 0.0495. The fraction of sp³-hybridized carbons (Fsp3) is 0.429. The first kappa shape index (κ1) is 18.1. The lowest BCUT2D eigenvalue weighted by Crippen LogP contribution is -2.26. The van der Waals surface area contributed by atoms with E-state index >= 15 is 0 Å². The van der Waals surface area contributed by atoms with Crippen LogP contribution in [0.15, 0.2) is 18.2 Å². The van der Waals surface area contributed by atoms with Crippen molar-refractivity contribution < 1.29 is 24.2 Å². The average molecular weight is 331 g/mol. The lowest BCUT2D eigenvalue weighted by atomic mass is 10.1. The molecule has 0 saturated heterocycles. The third kappa shape index (κ3) is 5.09. The van der Waals surface area contributed by atoms with Crippen LogP contribution < -0.4 is 9.47 Å². The summed E-state index contributed by atoms with van der Waals surface area (Å²) in [6.07, 6.45) is -2.17. The molecular weight excluding hydrogens is 312 g/mol. The average Bonchev–Trinajstić information content (AvgIpc) is 2.45.